The molecule has 3 aliphatic rings. The van der Waals surface area contributed by atoms with E-state index in [0.29, 0.717) is 0 Å². The number of carbonyl (C=O) groups excluding carboxylic acids is 2. The van der Waals surface area contributed by atoms with Gasteiger partial charge >= 0.3 is 5.97 Å². The van der Waals surface area contributed by atoms with Crippen LogP contribution < -0.4 is 4.90 Å². The van der Waals surface area contributed by atoms with Crippen molar-refractivity contribution in [3.05, 3.63) is 29.3 Å². The van der Waals surface area contributed by atoms with Gasteiger partial charge in [0.15, 0.2) is 0 Å². The number of methoxy groups -OCH3 is 1. The third kappa shape index (κ3) is 3.17. The molecular weight excluding hydrogens is 354 g/mol. The van der Waals surface area contributed by atoms with E-state index in [0.717, 1.165) is 45.4 Å². The van der Waals surface area contributed by atoms with Crippen molar-refractivity contribution in [3.63, 3.8) is 0 Å². The summed E-state index contributed by atoms with van der Waals surface area (Å²) in [7, 11) is 5.43. The first-order valence-electron chi connectivity index (χ1n) is 10.3. The zero-order valence-electron chi connectivity index (χ0n) is 17.2. The molecule has 0 N–H and O–H groups in total. The number of likely N-dealkylation sites (tertiary alicyclic amines) is 2. The van der Waals surface area contributed by atoms with E-state index in [2.05, 4.69) is 35.0 Å². The molecule has 152 valence electrons. The Labute approximate surface area is 167 Å². The molecule has 3 heterocycles. The van der Waals surface area contributed by atoms with E-state index in [1.54, 1.807) is 0 Å². The summed E-state index contributed by atoms with van der Waals surface area (Å²) in [4.78, 5) is 31.2. The molecule has 1 amide bonds. The van der Waals surface area contributed by atoms with Gasteiger partial charge in [-0.2, -0.15) is 0 Å². The van der Waals surface area contributed by atoms with Gasteiger partial charge in [-0.3, -0.25) is 14.5 Å². The fourth-order valence-electron chi connectivity index (χ4n) is 5.41. The normalized spacial score (nSPS) is 24.5. The maximum absolute atomic E-state index is 12.3. The number of anilines is 1. The lowest BCUT2D eigenvalue weighted by molar-refractivity contribution is -0.149. The lowest BCUT2D eigenvalue weighted by Gasteiger charge is -2.45. The number of hydrogen-bond acceptors (Lipinski definition) is 5. The second-order valence-corrected chi connectivity index (χ2v) is 8.60. The van der Waals surface area contributed by atoms with Gasteiger partial charge in [-0.25, -0.2) is 0 Å². The highest BCUT2D eigenvalue weighted by molar-refractivity contribution is 5.88. The fourth-order valence-corrected chi connectivity index (χ4v) is 5.41. The number of nitrogens with zero attached hydrogens (tertiary/aromatic N) is 3. The monoisotopic (exact) mass is 385 g/mol. The molecule has 0 bridgehead atoms. The van der Waals surface area contributed by atoms with Gasteiger partial charge in [0.05, 0.1) is 18.6 Å². The Morgan fingerprint density at radius 3 is 2.68 bits per heavy atom. The van der Waals surface area contributed by atoms with Crippen molar-refractivity contribution in [3.8, 4) is 0 Å². The molecule has 6 nitrogen and oxygen atoms in total. The van der Waals surface area contributed by atoms with E-state index in [1.807, 2.05) is 11.9 Å². The highest BCUT2D eigenvalue weighted by Crippen LogP contribution is 2.43. The first-order chi connectivity index (χ1) is 13.4. The quantitative estimate of drug-likeness (QED) is 0.746. The Bertz CT molecular complexity index is 770. The minimum absolute atomic E-state index is 0.0580. The second-order valence-electron chi connectivity index (χ2n) is 8.60. The minimum atomic E-state index is -0.376. The molecule has 2 fully saturated rings. The maximum Gasteiger partial charge on any atom is 0.311 e. The lowest BCUT2D eigenvalue weighted by Crippen LogP contribution is -2.56. The number of fused-ring (bicyclic) bond motifs is 1. The van der Waals surface area contributed by atoms with Crippen LogP contribution >= 0.6 is 0 Å². The van der Waals surface area contributed by atoms with Crippen LogP contribution in [0.2, 0.25) is 0 Å². The molecule has 2 saturated heterocycles. The van der Waals surface area contributed by atoms with E-state index in [-0.39, 0.29) is 29.8 Å². The second kappa shape index (κ2) is 7.39. The van der Waals surface area contributed by atoms with E-state index >= 15 is 0 Å². The molecule has 3 aliphatic heterocycles. The van der Waals surface area contributed by atoms with Crippen molar-refractivity contribution in [2.24, 2.45) is 5.92 Å². The first kappa shape index (κ1) is 19.2. The first-order valence-corrected chi connectivity index (χ1v) is 10.3. The third-order valence-corrected chi connectivity index (χ3v) is 7.18. The molecule has 0 aromatic heterocycles. The van der Waals surface area contributed by atoms with Gasteiger partial charge < -0.3 is 14.5 Å². The summed E-state index contributed by atoms with van der Waals surface area (Å²) >= 11 is 0. The molecule has 28 heavy (non-hydrogen) atoms. The molecular formula is C22H31N3O3. The predicted octanol–water partition coefficient (Wildman–Crippen LogP) is 2.05. The molecule has 0 radical (unpaired) electrons. The van der Waals surface area contributed by atoms with E-state index in [4.69, 9.17) is 4.74 Å². The van der Waals surface area contributed by atoms with Crippen LogP contribution in [0.5, 0.6) is 0 Å². The van der Waals surface area contributed by atoms with Crippen molar-refractivity contribution in [1.82, 2.24) is 9.80 Å². The number of piperidine rings is 1. The minimum Gasteiger partial charge on any atom is -0.469 e. The number of ether oxygens (including phenoxy) is 1. The van der Waals surface area contributed by atoms with Gasteiger partial charge in [0.25, 0.3) is 0 Å². The van der Waals surface area contributed by atoms with Crippen LogP contribution in [-0.4, -0.2) is 68.1 Å². The van der Waals surface area contributed by atoms with Crippen molar-refractivity contribution in [2.45, 2.75) is 44.2 Å². The Hall–Kier alpha value is -2.08. The number of carbonyl (C=O) groups is 2. The maximum atomic E-state index is 12.3. The number of hydrogen-bond donors (Lipinski definition) is 0. The highest BCUT2D eigenvalue weighted by Gasteiger charge is 2.55. The van der Waals surface area contributed by atoms with Crippen LogP contribution in [0.3, 0.4) is 0 Å². The number of aryl methyl sites for hydroxylation is 1. The number of amides is 1. The largest absolute Gasteiger partial charge is 0.469 e. The fraction of sp³-hybridized carbons (Fsp3) is 0.636. The molecule has 1 aromatic rings. The van der Waals surface area contributed by atoms with E-state index < -0.39 is 0 Å². The van der Waals surface area contributed by atoms with Crippen molar-refractivity contribution in [2.75, 3.05) is 45.7 Å². The Morgan fingerprint density at radius 1 is 1.21 bits per heavy atom. The number of benzene rings is 1. The molecule has 1 aromatic carbocycles. The SMILES string of the molecule is COC(=O)C1CC(=O)N(C)C12CCN(Cc1ccc3c(c1)CCCN3C)CC2. The number of esters is 1. The molecule has 1 spiro atoms. The van der Waals surface area contributed by atoms with Crippen LogP contribution in [-0.2, 0) is 27.3 Å². The molecule has 6 heteroatoms. The van der Waals surface area contributed by atoms with E-state index in [1.165, 1.54) is 30.3 Å². The van der Waals surface area contributed by atoms with Gasteiger partial charge in [0.1, 0.15) is 0 Å². The Balaban J connectivity index is 1.44. The molecule has 1 atom stereocenters. The summed E-state index contributed by atoms with van der Waals surface area (Å²) in [5, 5.41) is 0. The molecule has 4 rings (SSSR count). The molecule has 1 unspecified atom stereocenters. The standard InChI is InChI=1S/C22H31N3O3/c1-23-10-4-5-17-13-16(6-7-19(17)23)15-25-11-8-22(9-12-25)18(21(27)28-3)14-20(26)24(22)2/h6-7,13,18H,4-5,8-12,14-15H2,1-3H3. The Kier molecular flexibility index (Phi) is 5.08. The van der Waals surface area contributed by atoms with Gasteiger partial charge in [0, 0.05) is 52.4 Å². The summed E-state index contributed by atoms with van der Waals surface area (Å²) < 4.78 is 5.01. The third-order valence-electron chi connectivity index (χ3n) is 7.18. The van der Waals surface area contributed by atoms with Gasteiger partial charge in [-0.15, -0.1) is 0 Å². The van der Waals surface area contributed by atoms with E-state index in [9.17, 15) is 9.59 Å². The number of rotatable bonds is 3. The van der Waals surface area contributed by atoms with Crippen LogP contribution in [0, 0.1) is 5.92 Å². The topological polar surface area (TPSA) is 53.1 Å². The smallest absolute Gasteiger partial charge is 0.311 e. The average Bonchev–Trinajstić information content (AvgIpc) is 2.94. The lowest BCUT2D eigenvalue weighted by atomic mass is 9.77. The van der Waals surface area contributed by atoms with Crippen molar-refractivity contribution in [1.29, 1.82) is 0 Å². The van der Waals surface area contributed by atoms with Crippen LogP contribution in [0.25, 0.3) is 0 Å². The van der Waals surface area contributed by atoms with Crippen LogP contribution in [0.1, 0.15) is 36.8 Å². The van der Waals surface area contributed by atoms with Crippen LogP contribution in [0.4, 0.5) is 5.69 Å². The summed E-state index contributed by atoms with van der Waals surface area (Å²) in [6, 6.07) is 6.86. The molecule has 0 aliphatic carbocycles. The van der Waals surface area contributed by atoms with Gasteiger partial charge in [-0.05, 0) is 42.9 Å². The molecule has 0 saturated carbocycles. The predicted molar refractivity (Wildman–Crippen MR) is 108 cm³/mol. The highest BCUT2D eigenvalue weighted by atomic mass is 16.5. The van der Waals surface area contributed by atoms with Gasteiger partial charge in [0.2, 0.25) is 5.91 Å². The van der Waals surface area contributed by atoms with Gasteiger partial charge in [-0.1, -0.05) is 12.1 Å². The zero-order valence-corrected chi connectivity index (χ0v) is 17.2. The summed E-state index contributed by atoms with van der Waals surface area (Å²) in [6.07, 6.45) is 4.30. The Morgan fingerprint density at radius 2 is 1.96 bits per heavy atom. The van der Waals surface area contributed by atoms with Crippen molar-refractivity contribution >= 4 is 17.6 Å². The zero-order chi connectivity index (χ0) is 19.9. The van der Waals surface area contributed by atoms with Crippen LogP contribution in [0.15, 0.2) is 18.2 Å². The average molecular weight is 386 g/mol. The summed E-state index contributed by atoms with van der Waals surface area (Å²) in [6.45, 7) is 3.84. The summed E-state index contributed by atoms with van der Waals surface area (Å²) in [5.41, 5.74) is 3.79. The summed E-state index contributed by atoms with van der Waals surface area (Å²) in [5.74, 6) is -0.524. The van der Waals surface area contributed by atoms with Crippen molar-refractivity contribution < 1.29 is 14.3 Å².